The zero-order valence-corrected chi connectivity index (χ0v) is 21.4. The molecule has 11 nitrogen and oxygen atoms in total. The summed E-state index contributed by atoms with van der Waals surface area (Å²) in [7, 11) is 1.70. The van der Waals surface area contributed by atoms with Gasteiger partial charge in [-0.15, -0.1) is 0 Å². The average molecular weight is 539 g/mol. The number of anilines is 2. The van der Waals surface area contributed by atoms with Crippen LogP contribution in [0.15, 0.2) is 48.8 Å². The monoisotopic (exact) mass is 538 g/mol. The van der Waals surface area contributed by atoms with Crippen LogP contribution in [0, 0.1) is 0 Å². The highest BCUT2D eigenvalue weighted by molar-refractivity contribution is 6.33. The van der Waals surface area contributed by atoms with Crippen molar-refractivity contribution in [1.29, 1.82) is 0 Å². The van der Waals surface area contributed by atoms with Crippen molar-refractivity contribution in [3.8, 4) is 17.0 Å². The van der Waals surface area contributed by atoms with Gasteiger partial charge >= 0.3 is 6.09 Å². The maximum absolute atomic E-state index is 13.2. The van der Waals surface area contributed by atoms with Gasteiger partial charge in [-0.2, -0.15) is 0 Å². The highest BCUT2D eigenvalue weighted by atomic mass is 35.5. The van der Waals surface area contributed by atoms with Crippen LogP contribution in [0.1, 0.15) is 28.8 Å². The maximum atomic E-state index is 13.2. The SMILES string of the molecule is CN(Cc1ccc(-c2ccc(N3CCOc4ncnc(N)c4C3=O)cc2)c(Cl)c1)C(=O)CCCNC(=O)O. The van der Waals surface area contributed by atoms with E-state index < -0.39 is 6.09 Å². The van der Waals surface area contributed by atoms with E-state index in [0.29, 0.717) is 30.2 Å². The number of benzene rings is 2. The Labute approximate surface area is 224 Å². The zero-order chi connectivity index (χ0) is 27.2. The van der Waals surface area contributed by atoms with E-state index in [1.807, 2.05) is 42.5 Å². The highest BCUT2D eigenvalue weighted by Gasteiger charge is 2.28. The third-order valence-electron chi connectivity index (χ3n) is 6.07. The van der Waals surface area contributed by atoms with Gasteiger partial charge in [0.2, 0.25) is 11.8 Å². The van der Waals surface area contributed by atoms with Gasteiger partial charge in [0.25, 0.3) is 5.91 Å². The number of fused-ring (bicyclic) bond motifs is 1. The van der Waals surface area contributed by atoms with E-state index in [1.165, 1.54) is 6.33 Å². The highest BCUT2D eigenvalue weighted by Crippen LogP contribution is 2.32. The van der Waals surface area contributed by atoms with Crippen LogP contribution in [0.3, 0.4) is 0 Å². The van der Waals surface area contributed by atoms with Crippen molar-refractivity contribution >= 4 is 41.0 Å². The molecule has 12 heteroatoms. The minimum atomic E-state index is -1.11. The number of hydrogen-bond acceptors (Lipinski definition) is 7. The summed E-state index contributed by atoms with van der Waals surface area (Å²) >= 11 is 6.59. The second kappa shape index (κ2) is 11.8. The second-order valence-corrected chi connectivity index (χ2v) is 9.10. The first-order chi connectivity index (χ1) is 18.2. The number of nitrogens with zero attached hydrogens (tertiary/aromatic N) is 4. The fourth-order valence-electron chi connectivity index (χ4n) is 4.11. The molecule has 2 heterocycles. The number of halogens is 1. The molecule has 0 unspecified atom stereocenters. The second-order valence-electron chi connectivity index (χ2n) is 8.69. The lowest BCUT2D eigenvalue weighted by Crippen LogP contribution is -2.32. The number of carbonyl (C=O) groups is 3. The number of nitrogen functional groups attached to an aromatic ring is 1. The van der Waals surface area contributed by atoms with Crippen molar-refractivity contribution in [2.24, 2.45) is 0 Å². The van der Waals surface area contributed by atoms with E-state index in [4.69, 9.17) is 27.2 Å². The number of amides is 3. The van der Waals surface area contributed by atoms with Gasteiger partial charge in [0.1, 0.15) is 24.3 Å². The molecule has 0 saturated carbocycles. The van der Waals surface area contributed by atoms with Crippen molar-refractivity contribution in [3.05, 3.63) is 64.9 Å². The summed E-state index contributed by atoms with van der Waals surface area (Å²) in [6.45, 7) is 1.19. The maximum Gasteiger partial charge on any atom is 0.404 e. The van der Waals surface area contributed by atoms with Gasteiger partial charge in [0, 0.05) is 42.8 Å². The Morgan fingerprint density at radius 2 is 1.97 bits per heavy atom. The Morgan fingerprint density at radius 1 is 1.21 bits per heavy atom. The minimum Gasteiger partial charge on any atom is -0.475 e. The standard InChI is InChI=1S/C26H27ClN6O5/c1-32(21(34)3-2-10-29-26(36)37)14-16-4-9-19(20(27)13-16)17-5-7-18(8-6-17)33-11-12-38-24-22(25(33)35)23(28)30-15-31-24/h4-9,13,15,29H,2-3,10-12,14H2,1H3,(H,36,37)(H2,28,30,31). The summed E-state index contributed by atoms with van der Waals surface area (Å²) in [6.07, 6.45) is 0.826. The van der Waals surface area contributed by atoms with Crippen molar-refractivity contribution in [2.45, 2.75) is 19.4 Å². The molecule has 0 fully saturated rings. The van der Waals surface area contributed by atoms with Crippen molar-refractivity contribution < 1.29 is 24.2 Å². The molecule has 0 spiro atoms. The van der Waals surface area contributed by atoms with Gasteiger partial charge in [-0.05, 0) is 35.7 Å². The van der Waals surface area contributed by atoms with Crippen LogP contribution in [0.4, 0.5) is 16.3 Å². The Morgan fingerprint density at radius 3 is 2.68 bits per heavy atom. The first-order valence-electron chi connectivity index (χ1n) is 11.9. The molecule has 1 aliphatic heterocycles. The Kier molecular flexibility index (Phi) is 8.27. The van der Waals surface area contributed by atoms with Crippen LogP contribution in [-0.2, 0) is 11.3 Å². The molecule has 3 amide bonds. The van der Waals surface area contributed by atoms with Crippen LogP contribution >= 0.6 is 11.6 Å². The molecule has 198 valence electrons. The molecule has 1 aromatic heterocycles. The first kappa shape index (κ1) is 26.7. The van der Waals surface area contributed by atoms with Crippen molar-refractivity contribution in [1.82, 2.24) is 20.2 Å². The molecule has 1 aliphatic rings. The fraction of sp³-hybridized carbons (Fsp3) is 0.269. The van der Waals surface area contributed by atoms with Gasteiger partial charge in [-0.3, -0.25) is 9.59 Å². The Hall–Kier alpha value is -4.38. The Bertz CT molecular complexity index is 1350. The molecule has 2 aromatic carbocycles. The third-order valence-corrected chi connectivity index (χ3v) is 6.38. The summed E-state index contributed by atoms with van der Waals surface area (Å²) in [6, 6.07) is 13.0. The predicted octanol–water partition coefficient (Wildman–Crippen LogP) is 3.42. The summed E-state index contributed by atoms with van der Waals surface area (Å²) in [5.41, 5.74) is 9.27. The molecule has 0 aliphatic carbocycles. The minimum absolute atomic E-state index is 0.0675. The quantitative estimate of drug-likeness (QED) is 0.369. The van der Waals surface area contributed by atoms with Crippen molar-refractivity contribution in [2.75, 3.05) is 37.4 Å². The molecule has 4 rings (SSSR count). The van der Waals surface area contributed by atoms with Crippen LogP contribution in [-0.4, -0.2) is 64.6 Å². The van der Waals surface area contributed by atoms with Crippen LogP contribution < -0.4 is 20.7 Å². The summed E-state index contributed by atoms with van der Waals surface area (Å²) < 4.78 is 5.59. The van der Waals surface area contributed by atoms with Gasteiger partial charge in [0.15, 0.2) is 0 Å². The number of ether oxygens (including phenoxy) is 1. The smallest absolute Gasteiger partial charge is 0.404 e. The fourth-order valence-corrected chi connectivity index (χ4v) is 4.42. The molecular weight excluding hydrogens is 512 g/mol. The zero-order valence-electron chi connectivity index (χ0n) is 20.7. The first-order valence-corrected chi connectivity index (χ1v) is 12.3. The van der Waals surface area contributed by atoms with E-state index >= 15 is 0 Å². The molecule has 4 N–H and O–H groups in total. The lowest BCUT2D eigenvalue weighted by molar-refractivity contribution is -0.130. The molecule has 3 aromatic rings. The molecule has 38 heavy (non-hydrogen) atoms. The van der Waals surface area contributed by atoms with Gasteiger partial charge < -0.3 is 30.7 Å². The van der Waals surface area contributed by atoms with Crippen molar-refractivity contribution in [3.63, 3.8) is 0 Å². The third kappa shape index (κ3) is 6.12. The van der Waals surface area contributed by atoms with Gasteiger partial charge in [-0.1, -0.05) is 35.9 Å². The number of hydrogen-bond donors (Lipinski definition) is 3. The van der Waals surface area contributed by atoms with Crippen LogP contribution in [0.2, 0.25) is 5.02 Å². The Balaban J connectivity index is 1.42. The number of nitrogens with two attached hydrogens (primary N) is 1. The van der Waals surface area contributed by atoms with E-state index in [1.54, 1.807) is 16.8 Å². The van der Waals surface area contributed by atoms with Crippen LogP contribution in [0.25, 0.3) is 11.1 Å². The molecule has 0 atom stereocenters. The normalized spacial score (nSPS) is 12.8. The largest absolute Gasteiger partial charge is 0.475 e. The molecule has 0 saturated heterocycles. The van der Waals surface area contributed by atoms with E-state index in [0.717, 1.165) is 16.7 Å². The van der Waals surface area contributed by atoms with E-state index in [2.05, 4.69) is 15.3 Å². The number of carbonyl (C=O) groups excluding carboxylic acids is 2. The summed E-state index contributed by atoms with van der Waals surface area (Å²) in [5, 5.41) is 11.4. The van der Waals surface area contributed by atoms with Gasteiger partial charge in [-0.25, -0.2) is 14.8 Å². The van der Waals surface area contributed by atoms with Crippen LogP contribution in [0.5, 0.6) is 5.88 Å². The predicted molar refractivity (Wildman–Crippen MR) is 142 cm³/mol. The topological polar surface area (TPSA) is 151 Å². The van der Waals surface area contributed by atoms with Gasteiger partial charge in [0.05, 0.1) is 6.54 Å². The molecule has 0 radical (unpaired) electrons. The van der Waals surface area contributed by atoms with E-state index in [9.17, 15) is 14.4 Å². The average Bonchev–Trinajstić information content (AvgIpc) is 3.06. The number of rotatable bonds is 8. The summed E-state index contributed by atoms with van der Waals surface area (Å²) in [5.74, 6) is -0.172. The number of carboxylic acid groups (broad SMARTS) is 1. The molecule has 0 bridgehead atoms. The lowest BCUT2D eigenvalue weighted by atomic mass is 10.0. The lowest BCUT2D eigenvalue weighted by Gasteiger charge is -2.21. The summed E-state index contributed by atoms with van der Waals surface area (Å²) in [4.78, 5) is 47.1. The number of aromatic nitrogens is 2. The number of nitrogens with one attached hydrogen (secondary N) is 1. The molecular formula is C26H27ClN6O5. The van der Waals surface area contributed by atoms with E-state index in [-0.39, 0.29) is 48.6 Å².